The van der Waals surface area contributed by atoms with Gasteiger partial charge < -0.3 is 15.4 Å². The fraction of sp³-hybridized carbons (Fsp3) is 0.462. The van der Waals surface area contributed by atoms with E-state index in [0.717, 1.165) is 19.4 Å². The molecule has 0 aromatic heterocycles. The number of piperidine rings is 1. The standard InChI is InChI=1S/C13H14BrClF2N2O2/c14-9-4-8(15)5-10(11(9)21-13(16)17)19-12(20)7-2-1-3-18-6-7/h4-5,7,13,18H,1-3,6H2,(H,19,20)/t7-/m0/s1. The predicted molar refractivity (Wildman–Crippen MR) is 80.0 cm³/mol. The number of nitrogens with one attached hydrogen (secondary N) is 2. The van der Waals surface area contributed by atoms with Crippen molar-refractivity contribution in [1.82, 2.24) is 5.32 Å². The number of benzene rings is 1. The number of ether oxygens (including phenoxy) is 1. The average Bonchev–Trinajstić information content (AvgIpc) is 2.43. The Morgan fingerprint density at radius 3 is 2.90 bits per heavy atom. The van der Waals surface area contributed by atoms with Gasteiger partial charge in [-0.05, 0) is 47.4 Å². The first-order valence-electron chi connectivity index (χ1n) is 6.43. The Hall–Kier alpha value is -0.920. The summed E-state index contributed by atoms with van der Waals surface area (Å²) in [6.45, 7) is -1.54. The number of amides is 1. The van der Waals surface area contributed by atoms with Gasteiger partial charge in [0.25, 0.3) is 0 Å². The van der Waals surface area contributed by atoms with E-state index < -0.39 is 6.61 Å². The highest BCUT2D eigenvalue weighted by atomic mass is 79.9. The lowest BCUT2D eigenvalue weighted by Gasteiger charge is -2.22. The van der Waals surface area contributed by atoms with Crippen molar-refractivity contribution in [1.29, 1.82) is 0 Å². The van der Waals surface area contributed by atoms with E-state index in [2.05, 4.69) is 31.3 Å². The lowest BCUT2D eigenvalue weighted by molar-refractivity contribution is -0.120. The van der Waals surface area contributed by atoms with Crippen molar-refractivity contribution in [2.75, 3.05) is 18.4 Å². The molecule has 2 rings (SSSR count). The molecule has 116 valence electrons. The Morgan fingerprint density at radius 1 is 1.52 bits per heavy atom. The van der Waals surface area contributed by atoms with Crippen molar-refractivity contribution >= 4 is 39.1 Å². The zero-order valence-electron chi connectivity index (χ0n) is 11.0. The second kappa shape index (κ2) is 7.38. The van der Waals surface area contributed by atoms with Crippen molar-refractivity contribution in [3.8, 4) is 5.75 Å². The molecule has 0 saturated carbocycles. The van der Waals surface area contributed by atoms with Gasteiger partial charge in [0, 0.05) is 11.6 Å². The van der Waals surface area contributed by atoms with Crippen molar-refractivity contribution in [3.63, 3.8) is 0 Å². The van der Waals surface area contributed by atoms with E-state index in [-0.39, 0.29) is 27.7 Å². The highest BCUT2D eigenvalue weighted by Gasteiger charge is 2.23. The number of hydrogen-bond acceptors (Lipinski definition) is 3. The van der Waals surface area contributed by atoms with Gasteiger partial charge in [-0.15, -0.1) is 0 Å². The van der Waals surface area contributed by atoms with E-state index in [9.17, 15) is 13.6 Å². The molecule has 1 saturated heterocycles. The van der Waals surface area contributed by atoms with Crippen LogP contribution in [0.15, 0.2) is 16.6 Å². The van der Waals surface area contributed by atoms with Crippen molar-refractivity contribution in [3.05, 3.63) is 21.6 Å². The van der Waals surface area contributed by atoms with E-state index in [1.54, 1.807) is 0 Å². The predicted octanol–water partition coefficient (Wildman–Crippen LogP) is 3.64. The lowest BCUT2D eigenvalue weighted by atomic mass is 9.99. The van der Waals surface area contributed by atoms with Crippen molar-refractivity contribution < 1.29 is 18.3 Å². The van der Waals surface area contributed by atoms with E-state index in [1.165, 1.54) is 12.1 Å². The highest BCUT2D eigenvalue weighted by Crippen LogP contribution is 2.37. The first-order valence-corrected chi connectivity index (χ1v) is 7.60. The summed E-state index contributed by atoms with van der Waals surface area (Å²) >= 11 is 9.00. The Kier molecular flexibility index (Phi) is 5.78. The van der Waals surface area contributed by atoms with Crippen LogP contribution in [0.4, 0.5) is 14.5 Å². The molecular weight excluding hydrogens is 370 g/mol. The Labute approximate surface area is 134 Å². The lowest BCUT2D eigenvalue weighted by Crippen LogP contribution is -2.37. The quantitative estimate of drug-likeness (QED) is 0.834. The molecule has 1 aliphatic heterocycles. The minimum absolute atomic E-state index is 0.130. The SMILES string of the molecule is O=C(Nc1cc(Cl)cc(Br)c1OC(F)F)[C@H]1CCCNC1. The van der Waals surface area contributed by atoms with Gasteiger partial charge in [-0.2, -0.15) is 8.78 Å². The fourth-order valence-electron chi connectivity index (χ4n) is 2.17. The smallest absolute Gasteiger partial charge is 0.387 e. The zero-order valence-corrected chi connectivity index (χ0v) is 13.3. The second-order valence-electron chi connectivity index (χ2n) is 4.68. The summed E-state index contributed by atoms with van der Waals surface area (Å²) in [5.41, 5.74) is 0.130. The topological polar surface area (TPSA) is 50.4 Å². The molecule has 1 atom stereocenters. The molecule has 1 aliphatic rings. The molecule has 8 heteroatoms. The van der Waals surface area contributed by atoms with Crippen LogP contribution in [0.25, 0.3) is 0 Å². The molecule has 1 aromatic rings. The molecule has 0 radical (unpaired) electrons. The summed E-state index contributed by atoms with van der Waals surface area (Å²) in [4.78, 5) is 12.2. The molecule has 1 amide bonds. The number of hydrogen-bond donors (Lipinski definition) is 2. The number of rotatable bonds is 4. The van der Waals surface area contributed by atoms with Crippen molar-refractivity contribution in [2.45, 2.75) is 19.5 Å². The maximum atomic E-state index is 12.5. The summed E-state index contributed by atoms with van der Waals surface area (Å²) in [5, 5.41) is 6.05. The van der Waals surface area contributed by atoms with Gasteiger partial charge in [0.05, 0.1) is 16.1 Å². The van der Waals surface area contributed by atoms with Crippen LogP contribution >= 0.6 is 27.5 Å². The van der Waals surface area contributed by atoms with Gasteiger partial charge in [0.15, 0.2) is 5.75 Å². The van der Waals surface area contributed by atoms with Crippen LogP contribution in [0.5, 0.6) is 5.75 Å². The Balaban J connectivity index is 2.19. The fourth-order valence-corrected chi connectivity index (χ4v) is 3.08. The second-order valence-corrected chi connectivity index (χ2v) is 5.97. The summed E-state index contributed by atoms with van der Waals surface area (Å²) in [6, 6.07) is 2.81. The number of halogens is 4. The minimum atomic E-state index is -2.99. The maximum Gasteiger partial charge on any atom is 0.387 e. The van der Waals surface area contributed by atoms with Crippen LogP contribution in [-0.2, 0) is 4.79 Å². The molecule has 1 heterocycles. The maximum absolute atomic E-state index is 12.5. The highest BCUT2D eigenvalue weighted by molar-refractivity contribution is 9.10. The Bertz CT molecular complexity index is 525. The summed E-state index contributed by atoms with van der Waals surface area (Å²) in [6.07, 6.45) is 1.66. The molecule has 0 spiro atoms. The van der Waals surface area contributed by atoms with Gasteiger partial charge in [-0.3, -0.25) is 4.79 Å². The van der Waals surface area contributed by atoms with Crippen molar-refractivity contribution in [2.24, 2.45) is 5.92 Å². The zero-order chi connectivity index (χ0) is 15.4. The first-order chi connectivity index (χ1) is 9.97. The Morgan fingerprint density at radius 2 is 2.29 bits per heavy atom. The molecule has 21 heavy (non-hydrogen) atoms. The number of carbonyl (C=O) groups excluding carboxylic acids is 1. The van der Waals surface area contributed by atoms with Crippen LogP contribution in [0.2, 0.25) is 5.02 Å². The molecule has 1 fully saturated rings. The molecule has 0 unspecified atom stereocenters. The van der Waals surface area contributed by atoms with Gasteiger partial charge in [0.1, 0.15) is 0 Å². The molecule has 0 bridgehead atoms. The third kappa shape index (κ3) is 4.52. The van der Waals surface area contributed by atoms with Gasteiger partial charge in [-0.25, -0.2) is 0 Å². The first kappa shape index (κ1) is 16.5. The van der Waals surface area contributed by atoms with Gasteiger partial charge in [0.2, 0.25) is 5.91 Å². The van der Waals surface area contributed by atoms with Gasteiger partial charge in [-0.1, -0.05) is 11.6 Å². The minimum Gasteiger partial charge on any atom is -0.431 e. The monoisotopic (exact) mass is 382 g/mol. The number of carbonyl (C=O) groups is 1. The van der Waals surface area contributed by atoms with Crippen LogP contribution in [0.1, 0.15) is 12.8 Å². The van der Waals surface area contributed by atoms with Crippen LogP contribution in [0.3, 0.4) is 0 Å². The van der Waals surface area contributed by atoms with E-state index in [0.29, 0.717) is 11.6 Å². The summed E-state index contributed by atoms with van der Waals surface area (Å²) in [5.74, 6) is -0.571. The largest absolute Gasteiger partial charge is 0.431 e. The van der Waals surface area contributed by atoms with Crippen LogP contribution in [0, 0.1) is 5.92 Å². The summed E-state index contributed by atoms with van der Waals surface area (Å²) < 4.78 is 29.7. The van der Waals surface area contributed by atoms with E-state index in [1.807, 2.05) is 0 Å². The molecule has 2 N–H and O–H groups in total. The average molecular weight is 384 g/mol. The summed E-state index contributed by atoms with van der Waals surface area (Å²) in [7, 11) is 0. The van der Waals surface area contributed by atoms with E-state index in [4.69, 9.17) is 11.6 Å². The molecule has 4 nitrogen and oxygen atoms in total. The van der Waals surface area contributed by atoms with E-state index >= 15 is 0 Å². The molecule has 1 aromatic carbocycles. The normalized spacial score (nSPS) is 18.6. The molecular formula is C13H14BrClF2N2O2. The van der Waals surface area contributed by atoms with Gasteiger partial charge >= 0.3 is 6.61 Å². The molecule has 0 aliphatic carbocycles. The number of anilines is 1. The van der Waals surface area contributed by atoms with Crippen LogP contribution in [-0.4, -0.2) is 25.6 Å². The number of alkyl halides is 2. The van der Waals surface area contributed by atoms with Crippen LogP contribution < -0.4 is 15.4 Å². The third-order valence-corrected chi connectivity index (χ3v) is 3.95. The third-order valence-electron chi connectivity index (χ3n) is 3.14.